The van der Waals surface area contributed by atoms with Gasteiger partial charge in [-0.05, 0) is 38.0 Å². The molecule has 0 N–H and O–H groups in total. The number of hydrogen-bond acceptors (Lipinski definition) is 5. The van der Waals surface area contributed by atoms with E-state index in [1.807, 2.05) is 0 Å². The second-order valence-corrected chi connectivity index (χ2v) is 4.51. The van der Waals surface area contributed by atoms with Crippen molar-refractivity contribution in [3.05, 3.63) is 17.7 Å². The van der Waals surface area contributed by atoms with Gasteiger partial charge < -0.3 is 14.2 Å². The predicted octanol–water partition coefficient (Wildman–Crippen LogP) is 2.05. The van der Waals surface area contributed by atoms with E-state index in [1.165, 1.54) is 35.2 Å². The van der Waals surface area contributed by atoms with Crippen molar-refractivity contribution in [2.24, 2.45) is 5.92 Å². The summed E-state index contributed by atoms with van der Waals surface area (Å²) in [6, 6.07) is 3.50. The number of ketones is 2. The van der Waals surface area contributed by atoms with E-state index in [0.29, 0.717) is 23.7 Å². The fourth-order valence-corrected chi connectivity index (χ4v) is 2.06. The SMILES string of the molecule is COc1cc(CC(C(C)=O)C(C)=O)cc(OC)c1OC. The normalized spacial score (nSPS) is 10.3. The smallest absolute Gasteiger partial charge is 0.203 e. The molecular formula is C15H20O5. The maximum atomic E-state index is 11.5. The molecule has 0 aliphatic heterocycles. The lowest BCUT2D eigenvalue weighted by atomic mass is 9.92. The maximum absolute atomic E-state index is 11.5. The van der Waals surface area contributed by atoms with Gasteiger partial charge >= 0.3 is 0 Å². The van der Waals surface area contributed by atoms with Crippen LogP contribution < -0.4 is 14.2 Å². The molecule has 0 bridgehead atoms. The molecule has 1 rings (SSSR count). The molecule has 1 aromatic rings. The Bertz CT molecular complexity index is 468. The van der Waals surface area contributed by atoms with Crippen molar-refractivity contribution in [3.63, 3.8) is 0 Å². The summed E-state index contributed by atoms with van der Waals surface area (Å²) in [6.45, 7) is 2.84. The van der Waals surface area contributed by atoms with Crippen LogP contribution in [0.3, 0.4) is 0 Å². The minimum atomic E-state index is -0.641. The third kappa shape index (κ3) is 3.50. The zero-order chi connectivity index (χ0) is 15.3. The van der Waals surface area contributed by atoms with Gasteiger partial charge in [-0.15, -0.1) is 0 Å². The molecule has 1 aromatic carbocycles. The Hall–Kier alpha value is -2.04. The maximum Gasteiger partial charge on any atom is 0.203 e. The lowest BCUT2D eigenvalue weighted by Crippen LogP contribution is -2.21. The molecule has 0 spiro atoms. The Morgan fingerprint density at radius 1 is 0.950 bits per heavy atom. The zero-order valence-electron chi connectivity index (χ0n) is 12.5. The van der Waals surface area contributed by atoms with Crippen LogP contribution in [0, 0.1) is 5.92 Å². The Morgan fingerprint density at radius 2 is 1.40 bits per heavy atom. The van der Waals surface area contributed by atoms with Gasteiger partial charge in [-0.25, -0.2) is 0 Å². The fraction of sp³-hybridized carbons (Fsp3) is 0.467. The molecule has 5 nitrogen and oxygen atoms in total. The van der Waals surface area contributed by atoms with Crippen molar-refractivity contribution in [3.8, 4) is 17.2 Å². The summed E-state index contributed by atoms with van der Waals surface area (Å²) in [5, 5.41) is 0. The summed E-state index contributed by atoms with van der Waals surface area (Å²) in [4.78, 5) is 23.0. The Morgan fingerprint density at radius 3 is 1.70 bits per heavy atom. The molecule has 110 valence electrons. The molecule has 0 heterocycles. The van der Waals surface area contributed by atoms with E-state index in [1.54, 1.807) is 12.1 Å². The highest BCUT2D eigenvalue weighted by Crippen LogP contribution is 2.38. The number of methoxy groups -OCH3 is 3. The van der Waals surface area contributed by atoms with Crippen LogP contribution in [0.4, 0.5) is 0 Å². The summed E-state index contributed by atoms with van der Waals surface area (Å²) in [7, 11) is 4.57. The third-order valence-electron chi connectivity index (χ3n) is 3.15. The molecule has 0 saturated carbocycles. The van der Waals surface area contributed by atoms with Crippen LogP contribution in [0.15, 0.2) is 12.1 Å². The second-order valence-electron chi connectivity index (χ2n) is 4.51. The van der Waals surface area contributed by atoms with Crippen LogP contribution >= 0.6 is 0 Å². The van der Waals surface area contributed by atoms with Crippen LogP contribution in [0.2, 0.25) is 0 Å². The highest BCUT2D eigenvalue weighted by molar-refractivity contribution is 6.00. The first-order chi connectivity index (χ1) is 9.44. The van der Waals surface area contributed by atoms with Gasteiger partial charge in [-0.3, -0.25) is 9.59 Å². The fourth-order valence-electron chi connectivity index (χ4n) is 2.06. The van der Waals surface area contributed by atoms with Crippen molar-refractivity contribution in [2.45, 2.75) is 20.3 Å². The first-order valence-electron chi connectivity index (χ1n) is 6.24. The van der Waals surface area contributed by atoms with E-state index in [0.717, 1.165) is 5.56 Å². The number of hydrogen-bond donors (Lipinski definition) is 0. The molecule has 0 saturated heterocycles. The molecule has 0 aliphatic carbocycles. The number of ether oxygens (including phenoxy) is 3. The highest BCUT2D eigenvalue weighted by atomic mass is 16.5. The molecule has 0 aromatic heterocycles. The molecule has 0 atom stereocenters. The van der Waals surface area contributed by atoms with Gasteiger partial charge in [0.2, 0.25) is 5.75 Å². The monoisotopic (exact) mass is 280 g/mol. The molecule has 0 amide bonds. The predicted molar refractivity (Wildman–Crippen MR) is 74.7 cm³/mol. The second kappa shape index (κ2) is 6.93. The Kier molecular flexibility index (Phi) is 5.55. The minimum absolute atomic E-state index is 0.147. The van der Waals surface area contributed by atoms with Gasteiger partial charge in [-0.1, -0.05) is 0 Å². The van der Waals surface area contributed by atoms with Crippen molar-refractivity contribution >= 4 is 11.6 Å². The van der Waals surface area contributed by atoms with Crippen molar-refractivity contribution in [2.75, 3.05) is 21.3 Å². The lowest BCUT2D eigenvalue weighted by Gasteiger charge is -2.16. The van der Waals surface area contributed by atoms with Crippen molar-refractivity contribution in [1.82, 2.24) is 0 Å². The average Bonchev–Trinajstić information content (AvgIpc) is 2.42. The highest BCUT2D eigenvalue weighted by Gasteiger charge is 2.22. The van der Waals surface area contributed by atoms with Gasteiger partial charge in [0, 0.05) is 0 Å². The van der Waals surface area contributed by atoms with E-state index < -0.39 is 5.92 Å². The van der Waals surface area contributed by atoms with Crippen LogP contribution in [0.1, 0.15) is 19.4 Å². The summed E-state index contributed by atoms with van der Waals surface area (Å²) in [5.41, 5.74) is 0.787. The largest absolute Gasteiger partial charge is 0.493 e. The van der Waals surface area contributed by atoms with E-state index in [4.69, 9.17) is 14.2 Å². The lowest BCUT2D eigenvalue weighted by molar-refractivity contribution is -0.130. The molecule has 0 radical (unpaired) electrons. The summed E-state index contributed by atoms with van der Waals surface area (Å²) < 4.78 is 15.7. The molecule has 5 heteroatoms. The summed E-state index contributed by atoms with van der Waals surface area (Å²) in [5.74, 6) is 0.566. The number of benzene rings is 1. The number of rotatable bonds is 7. The van der Waals surface area contributed by atoms with E-state index in [9.17, 15) is 9.59 Å². The Balaban J connectivity index is 3.19. The van der Waals surface area contributed by atoms with Crippen molar-refractivity contribution in [1.29, 1.82) is 0 Å². The standard InChI is InChI=1S/C15H20O5/c1-9(16)12(10(2)17)6-11-7-13(18-3)15(20-5)14(8-11)19-4/h7-8,12H,6H2,1-5H3. The molecule has 20 heavy (non-hydrogen) atoms. The molecular weight excluding hydrogens is 260 g/mol. The molecule has 0 unspecified atom stereocenters. The zero-order valence-corrected chi connectivity index (χ0v) is 12.5. The summed E-state index contributed by atoms with van der Waals surface area (Å²) in [6.07, 6.45) is 0.321. The minimum Gasteiger partial charge on any atom is -0.493 e. The molecule has 0 fully saturated rings. The third-order valence-corrected chi connectivity index (χ3v) is 3.15. The van der Waals surface area contributed by atoms with Gasteiger partial charge in [0.05, 0.1) is 27.2 Å². The molecule has 0 aliphatic rings. The first-order valence-corrected chi connectivity index (χ1v) is 6.24. The van der Waals surface area contributed by atoms with Gasteiger partial charge in [0.1, 0.15) is 11.6 Å². The van der Waals surface area contributed by atoms with Gasteiger partial charge in [0.25, 0.3) is 0 Å². The number of Topliss-reactive ketones (excluding diaryl/α,β-unsaturated/α-hetero) is 2. The van der Waals surface area contributed by atoms with Crippen LogP contribution in [0.25, 0.3) is 0 Å². The van der Waals surface area contributed by atoms with Crippen LogP contribution in [0.5, 0.6) is 17.2 Å². The van der Waals surface area contributed by atoms with E-state index >= 15 is 0 Å². The van der Waals surface area contributed by atoms with Crippen LogP contribution in [-0.4, -0.2) is 32.9 Å². The Labute approximate surface area is 118 Å². The number of carbonyl (C=O) groups excluding carboxylic acids is 2. The van der Waals surface area contributed by atoms with Gasteiger partial charge in [-0.2, -0.15) is 0 Å². The first kappa shape index (κ1) is 16.0. The number of carbonyl (C=O) groups is 2. The van der Waals surface area contributed by atoms with Crippen molar-refractivity contribution < 1.29 is 23.8 Å². The topological polar surface area (TPSA) is 61.8 Å². The quantitative estimate of drug-likeness (QED) is 0.715. The average molecular weight is 280 g/mol. The van der Waals surface area contributed by atoms with Crippen LogP contribution in [-0.2, 0) is 16.0 Å². The van der Waals surface area contributed by atoms with Gasteiger partial charge in [0.15, 0.2) is 11.5 Å². The van der Waals surface area contributed by atoms with E-state index in [2.05, 4.69) is 0 Å². The van der Waals surface area contributed by atoms with E-state index in [-0.39, 0.29) is 11.6 Å². The summed E-state index contributed by atoms with van der Waals surface area (Å²) >= 11 is 0.